The lowest BCUT2D eigenvalue weighted by Crippen LogP contribution is -2.33. The third-order valence-corrected chi connectivity index (χ3v) is 2.45. The van der Waals surface area contributed by atoms with Crippen LogP contribution in [-0.4, -0.2) is 0 Å². The van der Waals surface area contributed by atoms with Gasteiger partial charge < -0.3 is 0 Å². The average Bonchev–Trinajstić information content (AvgIpc) is 2.33. The second kappa shape index (κ2) is 5.09. The van der Waals surface area contributed by atoms with Crippen molar-refractivity contribution in [1.82, 2.24) is 0 Å². The Morgan fingerprint density at radius 2 is 1.62 bits per heavy atom. The van der Waals surface area contributed by atoms with E-state index in [4.69, 9.17) is 5.26 Å². The maximum absolute atomic E-state index is 8.57. The number of nitriles is 1. The van der Waals surface area contributed by atoms with Crippen LogP contribution >= 0.6 is 0 Å². The zero-order valence-electron chi connectivity index (χ0n) is 9.00. The molecule has 0 aliphatic heterocycles. The Bertz CT molecular complexity index is 480. The van der Waals surface area contributed by atoms with Gasteiger partial charge in [0.15, 0.2) is 18.9 Å². The maximum atomic E-state index is 8.57. The van der Waals surface area contributed by atoms with Crippen molar-refractivity contribution in [3.05, 3.63) is 66.0 Å². The van der Waals surface area contributed by atoms with Crippen molar-refractivity contribution in [2.75, 3.05) is 0 Å². The summed E-state index contributed by atoms with van der Waals surface area (Å²) < 4.78 is 2.11. The van der Waals surface area contributed by atoms with Crippen molar-refractivity contribution < 1.29 is 4.57 Å². The largest absolute Gasteiger partial charge is 0.201 e. The van der Waals surface area contributed by atoms with E-state index in [0.29, 0.717) is 6.42 Å². The van der Waals surface area contributed by atoms with E-state index >= 15 is 0 Å². The minimum absolute atomic E-state index is 0.478. The number of nitrogens with zero attached hydrogens (tertiary/aromatic N) is 2. The number of pyridine rings is 1. The molecule has 2 heteroatoms. The first kappa shape index (κ1) is 10.4. The fourth-order valence-electron chi connectivity index (χ4n) is 1.60. The fourth-order valence-corrected chi connectivity index (χ4v) is 1.60. The first-order chi connectivity index (χ1) is 7.88. The van der Waals surface area contributed by atoms with Crippen LogP contribution in [0.5, 0.6) is 0 Å². The van der Waals surface area contributed by atoms with E-state index in [2.05, 4.69) is 22.8 Å². The normalized spacial score (nSPS) is 9.69. The summed E-state index contributed by atoms with van der Waals surface area (Å²) in [7, 11) is 0. The molecule has 0 fully saturated rings. The molecule has 1 aromatic carbocycles. The maximum Gasteiger partial charge on any atom is 0.173 e. The molecule has 0 amide bonds. The molecule has 1 heterocycles. The average molecular weight is 209 g/mol. The van der Waals surface area contributed by atoms with Crippen molar-refractivity contribution in [2.45, 2.75) is 13.0 Å². The molecule has 0 unspecified atom stereocenters. The molecule has 16 heavy (non-hydrogen) atoms. The second-order valence-electron chi connectivity index (χ2n) is 3.70. The smallest absolute Gasteiger partial charge is 0.173 e. The van der Waals surface area contributed by atoms with Gasteiger partial charge in [0.05, 0.1) is 12.5 Å². The van der Waals surface area contributed by atoms with Crippen LogP contribution in [0.2, 0.25) is 0 Å². The summed E-state index contributed by atoms with van der Waals surface area (Å²) in [5, 5.41) is 8.57. The fraction of sp³-hybridized carbons (Fsp3) is 0.143. The minimum atomic E-state index is 0.478. The summed E-state index contributed by atoms with van der Waals surface area (Å²) >= 11 is 0. The predicted molar refractivity (Wildman–Crippen MR) is 61.5 cm³/mol. The van der Waals surface area contributed by atoms with Gasteiger partial charge in [-0.05, 0) is 5.56 Å². The number of hydrogen-bond acceptors (Lipinski definition) is 1. The summed E-state index contributed by atoms with van der Waals surface area (Å²) in [6.45, 7) is 0.869. The first-order valence-corrected chi connectivity index (χ1v) is 5.27. The van der Waals surface area contributed by atoms with E-state index < -0.39 is 0 Å². The van der Waals surface area contributed by atoms with E-state index in [1.54, 1.807) is 0 Å². The molecule has 0 saturated carbocycles. The van der Waals surface area contributed by atoms with Crippen LogP contribution in [0.15, 0.2) is 54.9 Å². The van der Waals surface area contributed by atoms with Gasteiger partial charge in [0.2, 0.25) is 0 Å². The number of rotatable bonds is 3. The van der Waals surface area contributed by atoms with Crippen molar-refractivity contribution >= 4 is 0 Å². The van der Waals surface area contributed by atoms with Crippen molar-refractivity contribution in [1.29, 1.82) is 5.26 Å². The molecule has 78 valence electrons. The van der Waals surface area contributed by atoms with Gasteiger partial charge in [-0.15, -0.1) is 0 Å². The molecule has 0 atom stereocenters. The Balaban J connectivity index is 2.09. The molecule has 0 N–H and O–H groups in total. The van der Waals surface area contributed by atoms with Gasteiger partial charge in [0.1, 0.15) is 0 Å². The van der Waals surface area contributed by atoms with E-state index in [1.807, 2.05) is 42.7 Å². The third-order valence-electron chi connectivity index (χ3n) is 2.45. The first-order valence-electron chi connectivity index (χ1n) is 5.27. The van der Waals surface area contributed by atoms with Gasteiger partial charge in [0, 0.05) is 17.7 Å². The summed E-state index contributed by atoms with van der Waals surface area (Å²) in [5.41, 5.74) is 2.34. The molecule has 0 aliphatic carbocycles. The van der Waals surface area contributed by atoms with Crippen molar-refractivity contribution in [2.24, 2.45) is 0 Å². The highest BCUT2D eigenvalue weighted by atomic mass is 14.9. The molecular formula is C14H13N2+. The second-order valence-corrected chi connectivity index (χ2v) is 3.70. The third kappa shape index (κ3) is 2.68. The topological polar surface area (TPSA) is 27.7 Å². The van der Waals surface area contributed by atoms with Crippen LogP contribution in [0.25, 0.3) is 0 Å². The molecule has 0 spiro atoms. The molecule has 1 aromatic heterocycles. The minimum Gasteiger partial charge on any atom is -0.201 e. The van der Waals surface area contributed by atoms with Gasteiger partial charge in [-0.25, -0.2) is 4.57 Å². The Hall–Kier alpha value is -2.14. The van der Waals surface area contributed by atoms with Crippen LogP contribution in [0.4, 0.5) is 0 Å². The number of benzene rings is 1. The Kier molecular flexibility index (Phi) is 3.30. The van der Waals surface area contributed by atoms with E-state index in [0.717, 1.165) is 12.1 Å². The van der Waals surface area contributed by atoms with Gasteiger partial charge in [-0.1, -0.05) is 30.3 Å². The van der Waals surface area contributed by atoms with Gasteiger partial charge in [-0.2, -0.15) is 5.26 Å². The molecule has 0 radical (unpaired) electrons. The zero-order chi connectivity index (χ0) is 11.2. The number of aromatic nitrogens is 1. The van der Waals surface area contributed by atoms with Crippen molar-refractivity contribution in [3.8, 4) is 6.07 Å². The van der Waals surface area contributed by atoms with Crippen LogP contribution < -0.4 is 4.57 Å². The van der Waals surface area contributed by atoms with Crippen molar-refractivity contribution in [3.63, 3.8) is 0 Å². The Morgan fingerprint density at radius 3 is 2.25 bits per heavy atom. The van der Waals surface area contributed by atoms with Crippen LogP contribution in [0.1, 0.15) is 11.1 Å². The molecule has 0 aliphatic rings. The van der Waals surface area contributed by atoms with E-state index in [1.165, 1.54) is 5.56 Å². The lowest BCUT2D eigenvalue weighted by Gasteiger charge is -1.98. The SMILES string of the molecule is N#CCc1cc[n+](Cc2ccccc2)cc1. The van der Waals surface area contributed by atoms with Gasteiger partial charge in [0.25, 0.3) is 0 Å². The lowest BCUT2D eigenvalue weighted by molar-refractivity contribution is -0.688. The lowest BCUT2D eigenvalue weighted by atomic mass is 10.2. The summed E-state index contributed by atoms with van der Waals surface area (Å²) in [5.74, 6) is 0. The molecular weight excluding hydrogens is 196 g/mol. The summed E-state index contributed by atoms with van der Waals surface area (Å²) in [6, 6.07) is 16.4. The Labute approximate surface area is 95.4 Å². The number of hydrogen-bond donors (Lipinski definition) is 0. The Morgan fingerprint density at radius 1 is 0.938 bits per heavy atom. The molecule has 2 aromatic rings. The quantitative estimate of drug-likeness (QED) is 0.711. The van der Waals surface area contributed by atoms with Crippen LogP contribution in [-0.2, 0) is 13.0 Å². The van der Waals surface area contributed by atoms with Gasteiger partial charge in [-0.3, -0.25) is 0 Å². The summed E-state index contributed by atoms with van der Waals surface area (Å²) in [4.78, 5) is 0. The predicted octanol–water partition coefficient (Wildman–Crippen LogP) is 2.09. The summed E-state index contributed by atoms with van der Waals surface area (Å²) in [6.07, 6.45) is 4.51. The highest BCUT2D eigenvalue weighted by Gasteiger charge is 2.01. The molecule has 2 nitrogen and oxygen atoms in total. The molecule has 2 rings (SSSR count). The van der Waals surface area contributed by atoms with Crippen LogP contribution in [0, 0.1) is 11.3 Å². The van der Waals surface area contributed by atoms with E-state index in [-0.39, 0.29) is 0 Å². The highest BCUT2D eigenvalue weighted by molar-refractivity contribution is 5.14. The highest BCUT2D eigenvalue weighted by Crippen LogP contribution is 1.99. The standard InChI is InChI=1S/C14H13N2/c15-9-6-13-7-10-16(11-8-13)12-14-4-2-1-3-5-14/h1-5,7-8,10-11H,6,12H2/q+1. The zero-order valence-corrected chi connectivity index (χ0v) is 9.00. The monoisotopic (exact) mass is 209 g/mol. The van der Waals surface area contributed by atoms with E-state index in [9.17, 15) is 0 Å². The van der Waals surface area contributed by atoms with Gasteiger partial charge >= 0.3 is 0 Å². The molecule has 0 saturated heterocycles. The van der Waals surface area contributed by atoms with Crippen LogP contribution in [0.3, 0.4) is 0 Å². The molecule has 0 bridgehead atoms.